The highest BCUT2D eigenvalue weighted by Gasteiger charge is 2.07. The normalized spacial score (nSPS) is 12.1. The summed E-state index contributed by atoms with van der Waals surface area (Å²) in [4.78, 5) is 21.6. The van der Waals surface area contributed by atoms with Crippen LogP contribution in [0.25, 0.3) is 0 Å². The van der Waals surface area contributed by atoms with Gasteiger partial charge < -0.3 is 16.8 Å². The third kappa shape index (κ3) is 3.36. The molecule has 1 aromatic carbocycles. The molecule has 0 heterocycles. The Balaban J connectivity index is 2.56. The lowest BCUT2D eigenvalue weighted by Gasteiger charge is -2.09. The molecule has 0 aromatic heterocycles. The lowest BCUT2D eigenvalue weighted by atomic mass is 10.1. The predicted molar refractivity (Wildman–Crippen MR) is 60.5 cm³/mol. The van der Waals surface area contributed by atoms with Crippen molar-refractivity contribution in [2.24, 2.45) is 11.5 Å². The monoisotopic (exact) mass is 221 g/mol. The molecule has 16 heavy (non-hydrogen) atoms. The Hall–Kier alpha value is -1.88. The van der Waals surface area contributed by atoms with Crippen LogP contribution in [0.2, 0.25) is 0 Å². The number of primary amides is 2. The molecule has 5 nitrogen and oxygen atoms in total. The third-order valence-electron chi connectivity index (χ3n) is 2.28. The maximum Gasteiger partial charge on any atom is 0.248 e. The molecule has 0 aliphatic heterocycles. The van der Waals surface area contributed by atoms with Gasteiger partial charge in [0.1, 0.15) is 0 Å². The number of carbonyl (C=O) groups is 2. The number of carbonyl (C=O) groups excluding carboxylic acids is 2. The van der Waals surface area contributed by atoms with Crippen molar-refractivity contribution in [1.82, 2.24) is 5.32 Å². The van der Waals surface area contributed by atoms with Gasteiger partial charge >= 0.3 is 0 Å². The molecule has 0 saturated heterocycles. The lowest BCUT2D eigenvalue weighted by Crippen LogP contribution is -2.38. The van der Waals surface area contributed by atoms with E-state index in [1.807, 2.05) is 0 Å². The van der Waals surface area contributed by atoms with Gasteiger partial charge in [-0.25, -0.2) is 0 Å². The second kappa shape index (κ2) is 5.27. The SMILES string of the molecule is CC(NCc1ccc(C(N)=O)cc1)C(N)=O. The molecule has 86 valence electrons. The van der Waals surface area contributed by atoms with Crippen LogP contribution >= 0.6 is 0 Å². The molecule has 1 aromatic rings. The summed E-state index contributed by atoms with van der Waals surface area (Å²) >= 11 is 0. The molecule has 0 spiro atoms. The van der Waals surface area contributed by atoms with Crippen molar-refractivity contribution in [1.29, 1.82) is 0 Å². The van der Waals surface area contributed by atoms with Crippen LogP contribution in [0.15, 0.2) is 24.3 Å². The summed E-state index contributed by atoms with van der Waals surface area (Å²) < 4.78 is 0. The Morgan fingerprint density at radius 1 is 1.25 bits per heavy atom. The first-order chi connectivity index (χ1) is 7.50. The van der Waals surface area contributed by atoms with Crippen molar-refractivity contribution in [3.63, 3.8) is 0 Å². The van der Waals surface area contributed by atoms with Gasteiger partial charge in [-0.15, -0.1) is 0 Å². The first-order valence-corrected chi connectivity index (χ1v) is 4.92. The van der Waals surface area contributed by atoms with E-state index in [9.17, 15) is 9.59 Å². The average molecular weight is 221 g/mol. The molecular formula is C11H15N3O2. The zero-order chi connectivity index (χ0) is 12.1. The van der Waals surface area contributed by atoms with Gasteiger partial charge in [-0.1, -0.05) is 12.1 Å². The van der Waals surface area contributed by atoms with E-state index >= 15 is 0 Å². The Kier molecular flexibility index (Phi) is 4.02. The highest BCUT2D eigenvalue weighted by atomic mass is 16.1. The number of hydrogen-bond donors (Lipinski definition) is 3. The van der Waals surface area contributed by atoms with E-state index in [1.54, 1.807) is 31.2 Å². The lowest BCUT2D eigenvalue weighted by molar-refractivity contribution is -0.119. The zero-order valence-corrected chi connectivity index (χ0v) is 9.07. The minimum atomic E-state index is -0.454. The number of hydrogen-bond acceptors (Lipinski definition) is 3. The molecule has 1 unspecified atom stereocenters. The van der Waals surface area contributed by atoms with Crippen molar-refractivity contribution in [2.75, 3.05) is 0 Å². The highest BCUT2D eigenvalue weighted by molar-refractivity contribution is 5.92. The molecular weight excluding hydrogens is 206 g/mol. The molecule has 1 rings (SSSR count). The summed E-state index contributed by atoms with van der Waals surface area (Å²) in [5.41, 5.74) is 11.6. The minimum Gasteiger partial charge on any atom is -0.368 e. The van der Waals surface area contributed by atoms with Crippen LogP contribution in [0.5, 0.6) is 0 Å². The van der Waals surface area contributed by atoms with E-state index in [1.165, 1.54) is 0 Å². The largest absolute Gasteiger partial charge is 0.368 e. The van der Waals surface area contributed by atoms with Crippen LogP contribution in [0, 0.1) is 0 Å². The van der Waals surface area contributed by atoms with E-state index in [4.69, 9.17) is 11.5 Å². The van der Waals surface area contributed by atoms with Crippen molar-refractivity contribution in [3.8, 4) is 0 Å². The number of benzene rings is 1. The molecule has 0 radical (unpaired) electrons. The van der Waals surface area contributed by atoms with E-state index in [-0.39, 0.29) is 6.04 Å². The van der Waals surface area contributed by atoms with Gasteiger partial charge in [-0.05, 0) is 24.6 Å². The second-order valence-corrected chi connectivity index (χ2v) is 3.57. The van der Waals surface area contributed by atoms with Crippen LogP contribution in [-0.2, 0) is 11.3 Å². The zero-order valence-electron chi connectivity index (χ0n) is 9.07. The third-order valence-corrected chi connectivity index (χ3v) is 2.28. The van der Waals surface area contributed by atoms with E-state index < -0.39 is 11.8 Å². The summed E-state index contributed by atoms with van der Waals surface area (Å²) in [6.45, 7) is 2.21. The summed E-state index contributed by atoms with van der Waals surface area (Å²) in [6, 6.07) is 6.47. The molecule has 5 heteroatoms. The summed E-state index contributed by atoms with van der Waals surface area (Å²) in [5, 5.41) is 2.96. The minimum absolute atomic E-state index is 0.379. The number of rotatable bonds is 5. The van der Waals surface area contributed by atoms with Crippen molar-refractivity contribution >= 4 is 11.8 Å². The van der Waals surface area contributed by atoms with Crippen LogP contribution < -0.4 is 16.8 Å². The molecule has 0 aliphatic carbocycles. The van der Waals surface area contributed by atoms with Crippen LogP contribution in [0.3, 0.4) is 0 Å². The van der Waals surface area contributed by atoms with Crippen LogP contribution in [-0.4, -0.2) is 17.9 Å². The van der Waals surface area contributed by atoms with E-state index in [2.05, 4.69) is 5.32 Å². The van der Waals surface area contributed by atoms with Gasteiger partial charge in [0.05, 0.1) is 6.04 Å². The van der Waals surface area contributed by atoms with E-state index in [0.717, 1.165) is 5.56 Å². The van der Waals surface area contributed by atoms with Crippen molar-refractivity contribution < 1.29 is 9.59 Å². The standard InChI is InChI=1S/C11H15N3O2/c1-7(10(12)15)14-6-8-2-4-9(5-3-8)11(13)16/h2-5,7,14H,6H2,1H3,(H2,12,15)(H2,13,16). The molecule has 0 aliphatic rings. The smallest absolute Gasteiger partial charge is 0.248 e. The van der Waals surface area contributed by atoms with Gasteiger partial charge in [0.2, 0.25) is 11.8 Å². The Bertz CT molecular complexity index is 387. The number of amides is 2. The Morgan fingerprint density at radius 2 is 1.81 bits per heavy atom. The summed E-state index contributed by atoms with van der Waals surface area (Å²) in [7, 11) is 0. The molecule has 0 saturated carbocycles. The van der Waals surface area contributed by atoms with Gasteiger partial charge in [0.15, 0.2) is 0 Å². The molecule has 0 bridgehead atoms. The molecule has 1 atom stereocenters. The van der Waals surface area contributed by atoms with Gasteiger partial charge in [0, 0.05) is 12.1 Å². The summed E-state index contributed by atoms with van der Waals surface area (Å²) in [5.74, 6) is -0.848. The van der Waals surface area contributed by atoms with Crippen LogP contribution in [0.4, 0.5) is 0 Å². The first kappa shape index (κ1) is 12.2. The van der Waals surface area contributed by atoms with Gasteiger partial charge in [-0.3, -0.25) is 9.59 Å². The van der Waals surface area contributed by atoms with E-state index in [0.29, 0.717) is 12.1 Å². The maximum absolute atomic E-state index is 10.8. The van der Waals surface area contributed by atoms with Gasteiger partial charge in [0.25, 0.3) is 0 Å². The van der Waals surface area contributed by atoms with Crippen LogP contribution in [0.1, 0.15) is 22.8 Å². The molecule has 0 fully saturated rings. The van der Waals surface area contributed by atoms with Crippen molar-refractivity contribution in [3.05, 3.63) is 35.4 Å². The predicted octanol–water partition coefficient (Wildman–Crippen LogP) is -0.251. The Labute approximate surface area is 93.8 Å². The average Bonchev–Trinajstić information content (AvgIpc) is 2.26. The topological polar surface area (TPSA) is 98.2 Å². The molecule has 2 amide bonds. The number of nitrogens with one attached hydrogen (secondary N) is 1. The first-order valence-electron chi connectivity index (χ1n) is 4.92. The quantitative estimate of drug-likeness (QED) is 0.639. The summed E-state index contributed by atoms with van der Waals surface area (Å²) in [6.07, 6.45) is 0. The molecule has 5 N–H and O–H groups in total. The van der Waals surface area contributed by atoms with Crippen molar-refractivity contribution in [2.45, 2.75) is 19.5 Å². The highest BCUT2D eigenvalue weighted by Crippen LogP contribution is 2.03. The second-order valence-electron chi connectivity index (χ2n) is 3.57. The maximum atomic E-state index is 10.8. The fourth-order valence-electron chi connectivity index (χ4n) is 1.16. The number of nitrogens with two attached hydrogens (primary N) is 2. The fraction of sp³-hybridized carbons (Fsp3) is 0.273. The van der Waals surface area contributed by atoms with Gasteiger partial charge in [-0.2, -0.15) is 0 Å². The fourth-order valence-corrected chi connectivity index (χ4v) is 1.16. The Morgan fingerprint density at radius 3 is 2.25 bits per heavy atom.